The average molecular weight is 432 g/mol. The molecule has 1 N–H and O–H groups in total. The summed E-state index contributed by atoms with van der Waals surface area (Å²) >= 11 is 0. The summed E-state index contributed by atoms with van der Waals surface area (Å²) in [6.07, 6.45) is -0.335. The Morgan fingerprint density at radius 2 is 1.81 bits per heavy atom. The molecule has 2 aromatic carbocycles. The normalized spacial score (nSPS) is 15.3. The van der Waals surface area contributed by atoms with Crippen molar-refractivity contribution in [2.24, 2.45) is 7.05 Å². The second-order valence-electron chi connectivity index (χ2n) is 7.97. The first-order valence-corrected chi connectivity index (χ1v) is 10.3. The highest BCUT2D eigenvalue weighted by atomic mass is 16.6. The van der Waals surface area contributed by atoms with Gasteiger partial charge in [-0.05, 0) is 20.8 Å². The molecule has 0 saturated carbocycles. The van der Waals surface area contributed by atoms with Gasteiger partial charge in [-0.3, -0.25) is 14.8 Å². The molecule has 1 aromatic heterocycles. The molecule has 0 aliphatic carbocycles. The molecule has 4 rings (SSSR count). The summed E-state index contributed by atoms with van der Waals surface area (Å²) in [5, 5.41) is 19.9. The van der Waals surface area contributed by atoms with Crippen molar-refractivity contribution < 1.29 is 14.5 Å². The van der Waals surface area contributed by atoms with Gasteiger partial charge >= 0.3 is 5.97 Å². The van der Waals surface area contributed by atoms with Gasteiger partial charge in [0.2, 0.25) is 0 Å². The minimum atomic E-state index is -0.719. The maximum absolute atomic E-state index is 13.2. The van der Waals surface area contributed by atoms with Crippen LogP contribution >= 0.6 is 0 Å². The highest BCUT2D eigenvalue weighted by Crippen LogP contribution is 2.48. The molecule has 2 heterocycles. The highest BCUT2D eigenvalue weighted by Gasteiger charge is 2.40. The van der Waals surface area contributed by atoms with E-state index in [4.69, 9.17) is 9.84 Å². The fourth-order valence-corrected chi connectivity index (χ4v) is 4.13. The predicted octanol–water partition coefficient (Wildman–Crippen LogP) is 4.78. The largest absolute Gasteiger partial charge is 0.460 e. The Balaban J connectivity index is 2.03. The zero-order chi connectivity index (χ0) is 23.0. The molecule has 1 aliphatic rings. The number of ether oxygens (including phenoxy) is 1. The van der Waals surface area contributed by atoms with Crippen molar-refractivity contribution >= 4 is 17.5 Å². The predicted molar refractivity (Wildman–Crippen MR) is 121 cm³/mol. The Morgan fingerprint density at radius 3 is 2.47 bits per heavy atom. The van der Waals surface area contributed by atoms with E-state index in [2.05, 4.69) is 5.32 Å². The van der Waals surface area contributed by atoms with Crippen LogP contribution in [0.4, 0.5) is 11.5 Å². The van der Waals surface area contributed by atoms with Crippen molar-refractivity contribution in [2.45, 2.75) is 32.8 Å². The van der Waals surface area contributed by atoms with E-state index in [1.54, 1.807) is 50.7 Å². The lowest BCUT2D eigenvalue weighted by Crippen LogP contribution is -2.26. The molecule has 164 valence electrons. The van der Waals surface area contributed by atoms with Crippen molar-refractivity contribution in [2.75, 3.05) is 5.32 Å². The van der Waals surface area contributed by atoms with Crippen molar-refractivity contribution in [1.82, 2.24) is 9.78 Å². The number of nitrogens with one attached hydrogen (secondary N) is 1. The van der Waals surface area contributed by atoms with Crippen LogP contribution in [0.1, 0.15) is 37.8 Å². The van der Waals surface area contributed by atoms with Crippen LogP contribution in [0.3, 0.4) is 0 Å². The van der Waals surface area contributed by atoms with Gasteiger partial charge in [0, 0.05) is 35.5 Å². The summed E-state index contributed by atoms with van der Waals surface area (Å²) in [6.45, 7) is 5.32. The molecule has 0 bridgehead atoms. The zero-order valence-corrected chi connectivity index (χ0v) is 18.3. The van der Waals surface area contributed by atoms with E-state index < -0.39 is 16.8 Å². The fraction of sp³-hybridized carbons (Fsp3) is 0.250. The number of fused-ring (bicyclic) bond motifs is 1. The monoisotopic (exact) mass is 432 g/mol. The maximum atomic E-state index is 13.2. The van der Waals surface area contributed by atoms with Gasteiger partial charge < -0.3 is 10.1 Å². The van der Waals surface area contributed by atoms with Gasteiger partial charge in [-0.15, -0.1) is 0 Å². The molecule has 0 fully saturated rings. The molecule has 8 nitrogen and oxygen atoms in total. The first-order valence-electron chi connectivity index (χ1n) is 10.3. The third-order valence-electron chi connectivity index (χ3n) is 5.43. The topological polar surface area (TPSA) is 99.3 Å². The standard InChI is InChI=1S/C24H24N4O4/c1-14(2)32-24(29)19-15(3)25-23-21(20(19)17-12-8-9-13-18(17)28(30)31)22(26-27(23)4)16-10-6-5-7-11-16/h5-14,20,25H,1-4H3. The van der Waals surface area contributed by atoms with Crippen LogP contribution in [0.15, 0.2) is 65.9 Å². The molecule has 1 unspecified atom stereocenters. The van der Waals surface area contributed by atoms with Gasteiger partial charge in [0.25, 0.3) is 5.69 Å². The summed E-state index contributed by atoms with van der Waals surface area (Å²) in [5.74, 6) is -0.546. The van der Waals surface area contributed by atoms with Gasteiger partial charge in [-0.1, -0.05) is 48.5 Å². The number of esters is 1. The molecule has 0 amide bonds. The number of carbonyl (C=O) groups excluding carboxylic acids is 1. The molecule has 0 spiro atoms. The molecular weight excluding hydrogens is 408 g/mol. The Hall–Kier alpha value is -3.94. The van der Waals surface area contributed by atoms with E-state index in [9.17, 15) is 14.9 Å². The van der Waals surface area contributed by atoms with E-state index in [1.165, 1.54) is 6.07 Å². The molecular formula is C24H24N4O4. The SMILES string of the molecule is CC1=C(C(=O)OC(C)C)C(c2ccccc2[N+](=O)[O-])c2c(-c3ccccc3)nn(C)c2N1. The third-order valence-corrected chi connectivity index (χ3v) is 5.43. The molecule has 1 aliphatic heterocycles. The molecule has 0 saturated heterocycles. The van der Waals surface area contributed by atoms with Crippen LogP contribution in [0, 0.1) is 10.1 Å². The molecule has 8 heteroatoms. The zero-order valence-electron chi connectivity index (χ0n) is 18.3. The number of nitro benzene ring substituents is 1. The van der Waals surface area contributed by atoms with Crippen LogP contribution in [0.25, 0.3) is 11.3 Å². The maximum Gasteiger partial charge on any atom is 0.337 e. The van der Waals surface area contributed by atoms with Crippen molar-refractivity contribution in [1.29, 1.82) is 0 Å². The minimum absolute atomic E-state index is 0.0594. The Kier molecular flexibility index (Phi) is 5.52. The number of para-hydroxylation sites is 1. The number of nitro groups is 1. The minimum Gasteiger partial charge on any atom is -0.460 e. The van der Waals surface area contributed by atoms with E-state index in [0.717, 1.165) is 5.56 Å². The second-order valence-corrected chi connectivity index (χ2v) is 7.97. The summed E-state index contributed by atoms with van der Waals surface area (Å²) in [7, 11) is 1.81. The number of aromatic nitrogens is 2. The Bertz CT molecular complexity index is 1230. The number of anilines is 1. The molecule has 1 atom stereocenters. The number of carbonyl (C=O) groups is 1. The first-order chi connectivity index (χ1) is 15.3. The summed E-state index contributed by atoms with van der Waals surface area (Å²) in [5.41, 5.74) is 3.48. The van der Waals surface area contributed by atoms with Crippen LogP contribution in [0.2, 0.25) is 0 Å². The molecule has 32 heavy (non-hydrogen) atoms. The van der Waals surface area contributed by atoms with Crippen LogP contribution < -0.4 is 5.32 Å². The van der Waals surface area contributed by atoms with E-state index in [-0.39, 0.29) is 11.8 Å². The van der Waals surface area contributed by atoms with Gasteiger partial charge in [0.15, 0.2) is 0 Å². The van der Waals surface area contributed by atoms with Crippen molar-refractivity contribution in [3.63, 3.8) is 0 Å². The highest BCUT2D eigenvalue weighted by molar-refractivity contribution is 5.96. The van der Waals surface area contributed by atoms with Crippen LogP contribution in [-0.2, 0) is 16.6 Å². The summed E-state index contributed by atoms with van der Waals surface area (Å²) < 4.78 is 7.25. The summed E-state index contributed by atoms with van der Waals surface area (Å²) in [6, 6.07) is 16.1. The lowest BCUT2D eigenvalue weighted by molar-refractivity contribution is -0.385. The number of hydrogen-bond donors (Lipinski definition) is 1. The first kappa shape index (κ1) is 21.3. The van der Waals surface area contributed by atoms with Gasteiger partial charge in [0.1, 0.15) is 5.82 Å². The van der Waals surface area contributed by atoms with Crippen LogP contribution in [-0.4, -0.2) is 26.8 Å². The number of nitrogens with zero attached hydrogens (tertiary/aromatic N) is 3. The molecule has 0 radical (unpaired) electrons. The van der Waals surface area contributed by atoms with Crippen molar-refractivity contribution in [3.8, 4) is 11.3 Å². The van der Waals surface area contributed by atoms with Crippen LogP contribution in [0.5, 0.6) is 0 Å². The van der Waals surface area contributed by atoms with Gasteiger partial charge in [0.05, 0.1) is 28.2 Å². The second kappa shape index (κ2) is 8.30. The van der Waals surface area contributed by atoms with Crippen molar-refractivity contribution in [3.05, 3.63) is 87.1 Å². The third kappa shape index (κ3) is 3.64. The van der Waals surface area contributed by atoms with E-state index >= 15 is 0 Å². The Morgan fingerprint density at radius 1 is 1.16 bits per heavy atom. The smallest absolute Gasteiger partial charge is 0.337 e. The Labute approximate surface area is 185 Å². The van der Waals surface area contributed by atoms with E-state index in [0.29, 0.717) is 33.9 Å². The number of allylic oxidation sites excluding steroid dienone is 1. The average Bonchev–Trinajstić information content (AvgIpc) is 3.09. The quantitative estimate of drug-likeness (QED) is 0.354. The van der Waals surface area contributed by atoms with Gasteiger partial charge in [-0.25, -0.2) is 4.79 Å². The number of aryl methyl sites for hydroxylation is 1. The lowest BCUT2D eigenvalue weighted by atomic mass is 9.80. The lowest BCUT2D eigenvalue weighted by Gasteiger charge is -2.29. The van der Waals surface area contributed by atoms with Gasteiger partial charge in [-0.2, -0.15) is 5.10 Å². The van der Waals surface area contributed by atoms with E-state index in [1.807, 2.05) is 30.3 Å². The number of rotatable bonds is 5. The summed E-state index contributed by atoms with van der Waals surface area (Å²) in [4.78, 5) is 24.7. The molecule has 3 aromatic rings. The number of benzene rings is 2. The number of hydrogen-bond acceptors (Lipinski definition) is 6. The fourth-order valence-electron chi connectivity index (χ4n) is 4.13.